The maximum Gasteiger partial charge on any atom is 0.127 e. The molecule has 17 heavy (non-hydrogen) atoms. The van der Waals surface area contributed by atoms with Crippen LogP contribution in [0.15, 0.2) is 24.3 Å². The Morgan fingerprint density at radius 2 is 2.12 bits per heavy atom. The van der Waals surface area contributed by atoms with Gasteiger partial charge in [-0.2, -0.15) is 0 Å². The highest BCUT2D eigenvalue weighted by atomic mass is 19.1. The van der Waals surface area contributed by atoms with Crippen molar-refractivity contribution in [3.8, 4) is 0 Å². The van der Waals surface area contributed by atoms with Crippen molar-refractivity contribution < 1.29 is 14.2 Å². The number of ether oxygens (including phenoxy) is 1. The van der Waals surface area contributed by atoms with Gasteiger partial charge in [0, 0.05) is 18.7 Å². The Kier molecular flexibility index (Phi) is 6.11. The molecule has 2 N–H and O–H groups in total. The molecule has 1 aromatic rings. The van der Waals surface area contributed by atoms with E-state index in [0.29, 0.717) is 25.1 Å². The van der Waals surface area contributed by atoms with Gasteiger partial charge in [-0.15, -0.1) is 0 Å². The highest BCUT2D eigenvalue weighted by Crippen LogP contribution is 2.15. The summed E-state index contributed by atoms with van der Waals surface area (Å²) in [6.45, 7) is 2.86. The lowest BCUT2D eigenvalue weighted by Gasteiger charge is -2.16. The van der Waals surface area contributed by atoms with E-state index in [-0.39, 0.29) is 11.9 Å². The molecule has 0 aromatic heterocycles. The normalized spacial score (nSPS) is 14.6. The lowest BCUT2D eigenvalue weighted by molar-refractivity contribution is 0.0590. The summed E-state index contributed by atoms with van der Waals surface area (Å²) in [6, 6.07) is 6.64. The van der Waals surface area contributed by atoms with Crippen molar-refractivity contribution in [2.75, 3.05) is 20.3 Å². The van der Waals surface area contributed by atoms with Crippen molar-refractivity contribution in [3.63, 3.8) is 0 Å². The van der Waals surface area contributed by atoms with Gasteiger partial charge in [-0.05, 0) is 26.0 Å². The number of aliphatic hydroxyl groups excluding tert-OH is 1. The minimum Gasteiger partial charge on any atom is -0.391 e. The molecule has 0 spiro atoms. The van der Waals surface area contributed by atoms with Crippen LogP contribution in [0.2, 0.25) is 0 Å². The minimum atomic E-state index is -0.472. The molecule has 1 aromatic carbocycles. The SMILES string of the molecule is COCC(O)CCNC(C)c1ccccc1F. The Bertz CT molecular complexity index is 333. The molecule has 0 fully saturated rings. The molecule has 0 heterocycles. The third-order valence-electron chi connectivity index (χ3n) is 2.66. The summed E-state index contributed by atoms with van der Waals surface area (Å²) in [5, 5.41) is 12.6. The molecule has 0 aliphatic heterocycles. The number of rotatable bonds is 7. The molecule has 96 valence electrons. The summed E-state index contributed by atoms with van der Waals surface area (Å²) in [4.78, 5) is 0. The van der Waals surface area contributed by atoms with Crippen molar-refractivity contribution in [3.05, 3.63) is 35.6 Å². The Balaban J connectivity index is 2.35. The molecule has 0 aliphatic carbocycles. The average Bonchev–Trinajstić information content (AvgIpc) is 2.29. The van der Waals surface area contributed by atoms with E-state index in [0.717, 1.165) is 0 Å². The first kappa shape index (κ1) is 14.1. The van der Waals surface area contributed by atoms with Crippen LogP contribution in [-0.2, 0) is 4.74 Å². The predicted molar refractivity (Wildman–Crippen MR) is 65.3 cm³/mol. The van der Waals surface area contributed by atoms with Crippen LogP contribution in [0.3, 0.4) is 0 Å². The van der Waals surface area contributed by atoms with Crippen LogP contribution in [0.4, 0.5) is 4.39 Å². The number of halogens is 1. The zero-order valence-electron chi connectivity index (χ0n) is 10.3. The Labute approximate surface area is 102 Å². The second-order valence-corrected chi connectivity index (χ2v) is 4.10. The van der Waals surface area contributed by atoms with E-state index in [1.165, 1.54) is 6.07 Å². The van der Waals surface area contributed by atoms with Gasteiger partial charge >= 0.3 is 0 Å². The highest BCUT2D eigenvalue weighted by molar-refractivity contribution is 5.20. The van der Waals surface area contributed by atoms with E-state index < -0.39 is 6.10 Å². The number of benzene rings is 1. The molecule has 4 heteroatoms. The third-order valence-corrected chi connectivity index (χ3v) is 2.66. The van der Waals surface area contributed by atoms with E-state index in [4.69, 9.17) is 4.74 Å². The lowest BCUT2D eigenvalue weighted by atomic mass is 10.1. The Morgan fingerprint density at radius 3 is 2.76 bits per heavy atom. The Morgan fingerprint density at radius 1 is 1.41 bits per heavy atom. The predicted octanol–water partition coefficient (Wildman–Crippen LogP) is 1.87. The zero-order chi connectivity index (χ0) is 12.7. The van der Waals surface area contributed by atoms with Crippen molar-refractivity contribution in [1.29, 1.82) is 0 Å². The first-order valence-electron chi connectivity index (χ1n) is 5.80. The maximum atomic E-state index is 13.4. The first-order chi connectivity index (χ1) is 8.15. The van der Waals surface area contributed by atoms with E-state index in [1.54, 1.807) is 19.2 Å². The smallest absolute Gasteiger partial charge is 0.127 e. The van der Waals surface area contributed by atoms with Crippen LogP contribution in [0.5, 0.6) is 0 Å². The fourth-order valence-electron chi connectivity index (χ4n) is 1.68. The topological polar surface area (TPSA) is 41.5 Å². The summed E-state index contributed by atoms with van der Waals surface area (Å²) in [6.07, 6.45) is 0.118. The third kappa shape index (κ3) is 4.81. The molecule has 2 atom stereocenters. The van der Waals surface area contributed by atoms with Crippen LogP contribution in [0.25, 0.3) is 0 Å². The molecule has 0 aliphatic rings. The van der Waals surface area contributed by atoms with Crippen molar-refractivity contribution in [2.45, 2.75) is 25.5 Å². The van der Waals surface area contributed by atoms with Gasteiger partial charge in [0.1, 0.15) is 5.82 Å². The van der Waals surface area contributed by atoms with Crippen molar-refractivity contribution in [2.24, 2.45) is 0 Å². The number of hydrogen-bond donors (Lipinski definition) is 2. The Hall–Kier alpha value is -0.970. The summed E-state index contributed by atoms with van der Waals surface area (Å²) >= 11 is 0. The van der Waals surface area contributed by atoms with Crippen LogP contribution in [0.1, 0.15) is 24.9 Å². The quantitative estimate of drug-likeness (QED) is 0.765. The fourth-order valence-corrected chi connectivity index (χ4v) is 1.68. The number of aliphatic hydroxyl groups is 1. The van der Waals surface area contributed by atoms with E-state index >= 15 is 0 Å². The van der Waals surface area contributed by atoms with Crippen LogP contribution in [0, 0.1) is 5.82 Å². The summed E-state index contributed by atoms with van der Waals surface area (Å²) < 4.78 is 18.3. The van der Waals surface area contributed by atoms with Gasteiger partial charge in [-0.1, -0.05) is 18.2 Å². The molecule has 0 radical (unpaired) electrons. The highest BCUT2D eigenvalue weighted by Gasteiger charge is 2.10. The summed E-state index contributed by atoms with van der Waals surface area (Å²) in [5.41, 5.74) is 0.647. The van der Waals surface area contributed by atoms with Gasteiger partial charge in [0.05, 0.1) is 12.7 Å². The molecule has 0 saturated heterocycles. The molecular formula is C13H20FNO2. The average molecular weight is 241 g/mol. The second kappa shape index (κ2) is 7.37. The van der Waals surface area contributed by atoms with Gasteiger partial charge in [-0.3, -0.25) is 0 Å². The fraction of sp³-hybridized carbons (Fsp3) is 0.538. The van der Waals surface area contributed by atoms with Gasteiger partial charge in [-0.25, -0.2) is 4.39 Å². The van der Waals surface area contributed by atoms with Gasteiger partial charge in [0.25, 0.3) is 0 Å². The molecule has 3 nitrogen and oxygen atoms in total. The van der Waals surface area contributed by atoms with Gasteiger partial charge in [0.15, 0.2) is 0 Å². The molecular weight excluding hydrogens is 221 g/mol. The van der Waals surface area contributed by atoms with Crippen LogP contribution < -0.4 is 5.32 Å². The van der Waals surface area contributed by atoms with E-state index in [9.17, 15) is 9.50 Å². The maximum absolute atomic E-state index is 13.4. The molecule has 0 saturated carbocycles. The van der Waals surface area contributed by atoms with E-state index in [1.807, 2.05) is 13.0 Å². The lowest BCUT2D eigenvalue weighted by Crippen LogP contribution is -2.26. The zero-order valence-corrected chi connectivity index (χ0v) is 10.3. The summed E-state index contributed by atoms with van der Waals surface area (Å²) in [7, 11) is 1.55. The van der Waals surface area contributed by atoms with Gasteiger partial charge < -0.3 is 15.2 Å². The monoisotopic (exact) mass is 241 g/mol. The van der Waals surface area contributed by atoms with E-state index in [2.05, 4.69) is 5.32 Å². The molecule has 2 unspecified atom stereocenters. The number of methoxy groups -OCH3 is 1. The van der Waals surface area contributed by atoms with Crippen LogP contribution in [-0.4, -0.2) is 31.5 Å². The summed E-state index contributed by atoms with van der Waals surface area (Å²) in [5.74, 6) is -0.204. The van der Waals surface area contributed by atoms with Crippen molar-refractivity contribution in [1.82, 2.24) is 5.32 Å². The number of hydrogen-bond acceptors (Lipinski definition) is 3. The van der Waals surface area contributed by atoms with Crippen LogP contribution >= 0.6 is 0 Å². The van der Waals surface area contributed by atoms with Crippen molar-refractivity contribution >= 4 is 0 Å². The van der Waals surface area contributed by atoms with Gasteiger partial charge in [0.2, 0.25) is 0 Å². The molecule has 0 bridgehead atoms. The number of nitrogens with one attached hydrogen (secondary N) is 1. The minimum absolute atomic E-state index is 0.0639. The standard InChI is InChI=1S/C13H20FNO2/c1-10(12-5-3-4-6-13(12)14)15-8-7-11(16)9-17-2/h3-6,10-11,15-16H,7-9H2,1-2H3. The first-order valence-corrected chi connectivity index (χ1v) is 5.80. The molecule has 0 amide bonds. The second-order valence-electron chi connectivity index (χ2n) is 4.10. The molecule has 1 rings (SSSR count). The largest absolute Gasteiger partial charge is 0.391 e.